The van der Waals surface area contributed by atoms with Crippen LogP contribution in [0.4, 0.5) is 0 Å². The predicted molar refractivity (Wildman–Crippen MR) is 68.5 cm³/mol. The Labute approximate surface area is 125 Å². The molecule has 1 saturated heterocycles. The summed E-state index contributed by atoms with van der Waals surface area (Å²) < 4.78 is 5.07. The number of aliphatic hydroxyl groups is 8. The van der Waals surface area contributed by atoms with Gasteiger partial charge in [0.15, 0.2) is 11.9 Å². The Bertz CT molecular complexity index is 379. The Morgan fingerprint density at radius 1 is 1.14 bits per heavy atom. The summed E-state index contributed by atoms with van der Waals surface area (Å²) in [6, 6.07) is 0. The first kappa shape index (κ1) is 19.4. The minimum atomic E-state index is -2.90. The van der Waals surface area contributed by atoms with Crippen LogP contribution >= 0.6 is 0 Å². The van der Waals surface area contributed by atoms with Crippen molar-refractivity contribution in [3.8, 4) is 0 Å². The van der Waals surface area contributed by atoms with E-state index in [1.807, 2.05) is 0 Å². The molecule has 0 unspecified atom stereocenters. The average molecular weight is 326 g/mol. The van der Waals surface area contributed by atoms with E-state index in [4.69, 9.17) is 9.84 Å². The topological polar surface area (TPSA) is 188 Å². The van der Waals surface area contributed by atoms with Gasteiger partial charge in [0.1, 0.15) is 42.7 Å². The van der Waals surface area contributed by atoms with Crippen molar-refractivity contribution in [2.45, 2.75) is 61.4 Å². The molecule has 10 heteroatoms. The summed E-state index contributed by atoms with van der Waals surface area (Å²) in [5.41, 5.74) is -2.90. The fraction of sp³-hybridized carbons (Fsp3) is 0.917. The molecule has 0 aliphatic carbocycles. The molecule has 0 aromatic heterocycles. The molecule has 0 amide bonds. The van der Waals surface area contributed by atoms with E-state index in [0.29, 0.717) is 0 Å². The molecule has 8 N–H and O–H groups in total. The molecule has 1 heterocycles. The van der Waals surface area contributed by atoms with Crippen LogP contribution in [0.3, 0.4) is 0 Å². The number of carbonyl (C=O) groups excluding carboxylic acids is 1. The average Bonchev–Trinajstić information content (AvgIpc) is 2.53. The molecule has 0 bridgehead atoms. The molecule has 0 aromatic rings. The molecule has 22 heavy (non-hydrogen) atoms. The van der Waals surface area contributed by atoms with Gasteiger partial charge in [-0.3, -0.25) is 4.79 Å². The summed E-state index contributed by atoms with van der Waals surface area (Å²) >= 11 is 0. The SMILES string of the molecule is C[C@@H]1O[C@@H]([C@](O)(C=O)[C@@H](O)[C@H](O)[C@H](O)CO)[C@H](O)[C@H](O)[C@H]1O. The van der Waals surface area contributed by atoms with Crippen LogP contribution in [0.1, 0.15) is 6.92 Å². The third-order valence-corrected chi connectivity index (χ3v) is 3.88. The first-order valence-electron chi connectivity index (χ1n) is 6.65. The lowest BCUT2D eigenvalue weighted by Crippen LogP contribution is -2.70. The number of ether oxygens (including phenoxy) is 1. The van der Waals surface area contributed by atoms with Crippen molar-refractivity contribution in [3.63, 3.8) is 0 Å². The Morgan fingerprint density at radius 3 is 2.14 bits per heavy atom. The Morgan fingerprint density at radius 2 is 1.68 bits per heavy atom. The molecule has 1 aliphatic heterocycles. The maximum Gasteiger partial charge on any atom is 0.177 e. The lowest BCUT2D eigenvalue weighted by atomic mass is 9.80. The van der Waals surface area contributed by atoms with Crippen LogP contribution in [0.15, 0.2) is 0 Å². The Hall–Kier alpha value is -0.690. The van der Waals surface area contributed by atoms with E-state index >= 15 is 0 Å². The fourth-order valence-electron chi connectivity index (χ4n) is 2.33. The van der Waals surface area contributed by atoms with Crippen molar-refractivity contribution < 1.29 is 50.4 Å². The number of rotatable bonds is 6. The molecule has 10 nitrogen and oxygen atoms in total. The lowest BCUT2D eigenvalue weighted by Gasteiger charge is -2.46. The summed E-state index contributed by atoms with van der Waals surface area (Å²) in [4.78, 5) is 11.2. The number of aldehydes is 1. The fourth-order valence-corrected chi connectivity index (χ4v) is 2.33. The summed E-state index contributed by atoms with van der Waals surface area (Å²) in [7, 11) is 0. The van der Waals surface area contributed by atoms with Crippen molar-refractivity contribution in [1.29, 1.82) is 0 Å². The van der Waals surface area contributed by atoms with Crippen molar-refractivity contribution in [2.24, 2.45) is 0 Å². The van der Waals surface area contributed by atoms with Gasteiger partial charge in [0.05, 0.1) is 12.7 Å². The quantitative estimate of drug-likeness (QED) is 0.219. The van der Waals surface area contributed by atoms with Gasteiger partial charge < -0.3 is 45.6 Å². The van der Waals surface area contributed by atoms with E-state index in [2.05, 4.69) is 0 Å². The third-order valence-electron chi connectivity index (χ3n) is 3.88. The zero-order valence-electron chi connectivity index (χ0n) is 11.8. The maximum absolute atomic E-state index is 11.2. The van der Waals surface area contributed by atoms with E-state index in [1.54, 1.807) is 0 Å². The van der Waals surface area contributed by atoms with E-state index in [9.17, 15) is 40.5 Å². The highest BCUT2D eigenvalue weighted by Crippen LogP contribution is 2.31. The van der Waals surface area contributed by atoms with Crippen LogP contribution in [0.5, 0.6) is 0 Å². The molecular formula is C12H22O10. The summed E-state index contributed by atoms with van der Waals surface area (Å²) in [6.07, 6.45) is -14.7. The number of hydrogen-bond donors (Lipinski definition) is 8. The Balaban J connectivity index is 3.08. The second kappa shape index (κ2) is 7.25. The first-order chi connectivity index (χ1) is 10.1. The van der Waals surface area contributed by atoms with Gasteiger partial charge in [0, 0.05) is 0 Å². The highest BCUT2D eigenvalue weighted by Gasteiger charge is 2.56. The molecule has 1 aliphatic rings. The van der Waals surface area contributed by atoms with Crippen molar-refractivity contribution >= 4 is 6.29 Å². The zero-order valence-corrected chi connectivity index (χ0v) is 11.8. The molecular weight excluding hydrogens is 304 g/mol. The molecule has 0 radical (unpaired) electrons. The number of hydrogen-bond acceptors (Lipinski definition) is 10. The van der Waals surface area contributed by atoms with Gasteiger partial charge in [-0.15, -0.1) is 0 Å². The number of aliphatic hydroxyl groups excluding tert-OH is 7. The second-order valence-corrected chi connectivity index (χ2v) is 5.42. The molecule has 0 spiro atoms. The smallest absolute Gasteiger partial charge is 0.177 e. The lowest BCUT2D eigenvalue weighted by molar-refractivity contribution is -0.276. The standard InChI is InChI=1S/C12H22O10/c1-4-6(16)8(18)9(19)11(22-4)12(21,3-14)10(20)7(17)5(15)2-13/h3-11,13,15-21H,2H2,1H3/t4-,5+,6-,7+,8+,9+,10-,11+,12-/m0/s1. The van der Waals surface area contributed by atoms with Gasteiger partial charge in [-0.25, -0.2) is 0 Å². The monoisotopic (exact) mass is 326 g/mol. The molecule has 0 aromatic carbocycles. The zero-order chi connectivity index (χ0) is 17.2. The largest absolute Gasteiger partial charge is 0.394 e. The van der Waals surface area contributed by atoms with E-state index in [-0.39, 0.29) is 6.29 Å². The Kier molecular flexibility index (Phi) is 6.38. The van der Waals surface area contributed by atoms with Crippen molar-refractivity contribution in [3.05, 3.63) is 0 Å². The summed E-state index contributed by atoms with van der Waals surface area (Å²) in [5.74, 6) is 0. The minimum Gasteiger partial charge on any atom is -0.394 e. The van der Waals surface area contributed by atoms with Crippen LogP contribution in [0.25, 0.3) is 0 Å². The van der Waals surface area contributed by atoms with Gasteiger partial charge in [0.25, 0.3) is 0 Å². The molecule has 9 atom stereocenters. The highest BCUT2D eigenvalue weighted by atomic mass is 16.6. The predicted octanol–water partition coefficient (Wildman–Crippen LogP) is -5.14. The number of carbonyl (C=O) groups is 1. The van der Waals surface area contributed by atoms with Crippen LogP contribution in [-0.2, 0) is 9.53 Å². The summed E-state index contributed by atoms with van der Waals surface area (Å²) in [6.45, 7) is 0.336. The van der Waals surface area contributed by atoms with Crippen LogP contribution in [0.2, 0.25) is 0 Å². The van der Waals surface area contributed by atoms with Gasteiger partial charge in [-0.1, -0.05) is 0 Å². The van der Waals surface area contributed by atoms with Crippen LogP contribution in [0, 0.1) is 0 Å². The van der Waals surface area contributed by atoms with Gasteiger partial charge >= 0.3 is 0 Å². The molecule has 130 valence electrons. The third kappa shape index (κ3) is 3.30. The van der Waals surface area contributed by atoms with Gasteiger partial charge in [-0.2, -0.15) is 0 Å². The van der Waals surface area contributed by atoms with E-state index < -0.39 is 61.0 Å². The normalized spacial score (nSPS) is 39.6. The maximum atomic E-state index is 11.2. The van der Waals surface area contributed by atoms with E-state index in [0.717, 1.165) is 0 Å². The molecule has 1 fully saturated rings. The molecule has 1 rings (SSSR count). The van der Waals surface area contributed by atoms with Gasteiger partial charge in [0.2, 0.25) is 0 Å². The van der Waals surface area contributed by atoms with Crippen molar-refractivity contribution in [1.82, 2.24) is 0 Å². The highest BCUT2D eigenvalue weighted by molar-refractivity contribution is 5.65. The van der Waals surface area contributed by atoms with Crippen LogP contribution < -0.4 is 0 Å². The van der Waals surface area contributed by atoms with Crippen molar-refractivity contribution in [2.75, 3.05) is 6.61 Å². The summed E-state index contributed by atoms with van der Waals surface area (Å²) in [5, 5.41) is 76.9. The van der Waals surface area contributed by atoms with Gasteiger partial charge in [-0.05, 0) is 6.92 Å². The molecule has 0 saturated carbocycles. The first-order valence-corrected chi connectivity index (χ1v) is 6.65. The second-order valence-electron chi connectivity index (χ2n) is 5.42. The van der Waals surface area contributed by atoms with Crippen LogP contribution in [-0.4, -0.2) is 108 Å². The minimum absolute atomic E-state index is 0.212. The van der Waals surface area contributed by atoms with E-state index in [1.165, 1.54) is 6.92 Å².